The molecule has 2 fully saturated rings. The van der Waals surface area contributed by atoms with E-state index in [4.69, 9.17) is 10.8 Å². The highest BCUT2D eigenvalue weighted by Gasteiger charge is 2.48. The number of nitrogens with zero attached hydrogens (tertiary/aromatic N) is 1. The summed E-state index contributed by atoms with van der Waals surface area (Å²) >= 11 is 1.57. The number of amides is 1. The molecular formula is C11H18N2O3S. The van der Waals surface area contributed by atoms with Gasteiger partial charge in [-0.15, -0.1) is 0 Å². The van der Waals surface area contributed by atoms with Crippen molar-refractivity contribution in [3.63, 3.8) is 0 Å². The van der Waals surface area contributed by atoms with E-state index in [0.717, 1.165) is 18.6 Å². The van der Waals surface area contributed by atoms with Gasteiger partial charge in [0, 0.05) is 18.1 Å². The summed E-state index contributed by atoms with van der Waals surface area (Å²) in [7, 11) is 0. The Morgan fingerprint density at radius 1 is 1.47 bits per heavy atom. The Hall–Kier alpha value is -0.750. The van der Waals surface area contributed by atoms with E-state index in [2.05, 4.69) is 0 Å². The summed E-state index contributed by atoms with van der Waals surface area (Å²) in [6.07, 6.45) is 1.94. The first-order chi connectivity index (χ1) is 7.94. The van der Waals surface area contributed by atoms with E-state index in [1.54, 1.807) is 18.7 Å². The van der Waals surface area contributed by atoms with Gasteiger partial charge in [-0.1, -0.05) is 0 Å². The number of rotatable bonds is 3. The van der Waals surface area contributed by atoms with Gasteiger partial charge in [0.05, 0.1) is 5.54 Å². The van der Waals surface area contributed by atoms with Crippen LogP contribution < -0.4 is 5.73 Å². The molecule has 3 N–H and O–H groups in total. The SMILES string of the molecule is CC(N)(C(=O)N1CCSCC1C(=O)O)C1CC1. The van der Waals surface area contributed by atoms with Gasteiger partial charge in [-0.2, -0.15) is 11.8 Å². The van der Waals surface area contributed by atoms with E-state index in [9.17, 15) is 9.59 Å². The van der Waals surface area contributed by atoms with Crippen molar-refractivity contribution in [3.8, 4) is 0 Å². The average Bonchev–Trinajstić information content (AvgIpc) is 3.12. The van der Waals surface area contributed by atoms with Crippen molar-refractivity contribution >= 4 is 23.6 Å². The maximum absolute atomic E-state index is 12.3. The van der Waals surface area contributed by atoms with Crippen LogP contribution in [0.5, 0.6) is 0 Å². The molecule has 96 valence electrons. The van der Waals surface area contributed by atoms with Gasteiger partial charge >= 0.3 is 5.97 Å². The molecule has 0 radical (unpaired) electrons. The Morgan fingerprint density at radius 2 is 2.12 bits per heavy atom. The van der Waals surface area contributed by atoms with Crippen LogP contribution in [0.25, 0.3) is 0 Å². The maximum atomic E-state index is 12.3. The molecule has 17 heavy (non-hydrogen) atoms. The molecular weight excluding hydrogens is 240 g/mol. The van der Waals surface area contributed by atoms with E-state index in [1.165, 1.54) is 4.90 Å². The van der Waals surface area contributed by atoms with Crippen molar-refractivity contribution in [1.29, 1.82) is 0 Å². The minimum absolute atomic E-state index is 0.201. The molecule has 0 aromatic rings. The van der Waals surface area contributed by atoms with E-state index < -0.39 is 17.6 Å². The summed E-state index contributed by atoms with van der Waals surface area (Å²) in [5.41, 5.74) is 5.17. The zero-order valence-corrected chi connectivity index (χ0v) is 10.7. The van der Waals surface area contributed by atoms with Crippen molar-refractivity contribution in [2.24, 2.45) is 11.7 Å². The minimum atomic E-state index is -0.933. The topological polar surface area (TPSA) is 83.6 Å². The molecule has 1 aliphatic carbocycles. The van der Waals surface area contributed by atoms with Gasteiger partial charge in [0.15, 0.2) is 0 Å². The largest absolute Gasteiger partial charge is 0.480 e. The summed E-state index contributed by atoms with van der Waals surface area (Å²) in [6.45, 7) is 2.22. The highest BCUT2D eigenvalue weighted by Crippen LogP contribution is 2.39. The molecule has 0 aromatic heterocycles. The van der Waals surface area contributed by atoms with Gasteiger partial charge in [0.1, 0.15) is 6.04 Å². The third-order valence-electron chi connectivity index (χ3n) is 3.56. The lowest BCUT2D eigenvalue weighted by Gasteiger charge is -2.38. The lowest BCUT2D eigenvalue weighted by atomic mass is 9.94. The number of carboxylic acids is 1. The van der Waals surface area contributed by atoms with Crippen LogP contribution >= 0.6 is 11.8 Å². The van der Waals surface area contributed by atoms with E-state index in [-0.39, 0.29) is 11.8 Å². The monoisotopic (exact) mass is 258 g/mol. The molecule has 0 aromatic carbocycles. The molecule has 2 atom stereocenters. The van der Waals surface area contributed by atoms with Crippen molar-refractivity contribution in [1.82, 2.24) is 4.90 Å². The summed E-state index contributed by atoms with van der Waals surface area (Å²) < 4.78 is 0. The molecule has 0 bridgehead atoms. The predicted molar refractivity (Wildman–Crippen MR) is 65.8 cm³/mol. The molecule has 1 heterocycles. The zero-order valence-electron chi connectivity index (χ0n) is 9.89. The lowest BCUT2D eigenvalue weighted by Crippen LogP contribution is -2.61. The summed E-state index contributed by atoms with van der Waals surface area (Å²) in [6, 6.07) is -0.720. The summed E-state index contributed by atoms with van der Waals surface area (Å²) in [5, 5.41) is 9.13. The first-order valence-corrected chi connectivity index (χ1v) is 7.00. The molecule has 0 spiro atoms. The van der Waals surface area contributed by atoms with Crippen molar-refractivity contribution < 1.29 is 14.7 Å². The third-order valence-corrected chi connectivity index (χ3v) is 4.58. The molecule has 2 aliphatic rings. The number of hydrogen-bond acceptors (Lipinski definition) is 4. The van der Waals surface area contributed by atoms with Gasteiger partial charge in [-0.05, 0) is 25.7 Å². The highest BCUT2D eigenvalue weighted by molar-refractivity contribution is 7.99. The number of carbonyl (C=O) groups excluding carboxylic acids is 1. The fourth-order valence-corrected chi connectivity index (χ4v) is 3.26. The van der Waals surface area contributed by atoms with Gasteiger partial charge in [0.2, 0.25) is 5.91 Å². The van der Waals surface area contributed by atoms with E-state index >= 15 is 0 Å². The second-order valence-corrected chi connectivity index (χ2v) is 6.13. The molecule has 1 saturated heterocycles. The Balaban J connectivity index is 2.13. The first kappa shape index (κ1) is 12.7. The van der Waals surface area contributed by atoms with Crippen molar-refractivity contribution in [3.05, 3.63) is 0 Å². The number of hydrogen-bond donors (Lipinski definition) is 2. The van der Waals surface area contributed by atoms with Crippen LogP contribution in [0, 0.1) is 5.92 Å². The van der Waals surface area contributed by atoms with E-state index in [1.807, 2.05) is 0 Å². The standard InChI is InChI=1S/C11H18N2O3S/c1-11(12,7-2-3-7)10(16)13-4-5-17-6-8(13)9(14)15/h7-8H,2-6,12H2,1H3,(H,14,15). The second-order valence-electron chi connectivity index (χ2n) is 4.98. The van der Waals surface area contributed by atoms with Gasteiger partial charge < -0.3 is 15.7 Å². The van der Waals surface area contributed by atoms with Crippen molar-refractivity contribution in [2.45, 2.75) is 31.3 Å². The normalized spacial score (nSPS) is 28.6. The predicted octanol–water partition coefficient (Wildman–Crippen LogP) is 0.142. The van der Waals surface area contributed by atoms with Crippen LogP contribution in [-0.2, 0) is 9.59 Å². The van der Waals surface area contributed by atoms with Crippen LogP contribution in [0.1, 0.15) is 19.8 Å². The third kappa shape index (κ3) is 2.42. The average molecular weight is 258 g/mol. The molecule has 1 amide bonds. The first-order valence-electron chi connectivity index (χ1n) is 5.85. The Bertz CT molecular complexity index is 342. The smallest absolute Gasteiger partial charge is 0.327 e. The van der Waals surface area contributed by atoms with Gasteiger partial charge in [-0.3, -0.25) is 4.79 Å². The van der Waals surface area contributed by atoms with Gasteiger partial charge in [-0.25, -0.2) is 4.79 Å². The summed E-state index contributed by atoms with van der Waals surface area (Å²) in [5.74, 6) is 0.335. The van der Waals surface area contributed by atoms with Crippen LogP contribution in [-0.4, -0.2) is 51.5 Å². The highest BCUT2D eigenvalue weighted by atomic mass is 32.2. The Kier molecular flexibility index (Phi) is 3.36. The van der Waals surface area contributed by atoms with Crippen LogP contribution in [0.4, 0.5) is 0 Å². The fraction of sp³-hybridized carbons (Fsp3) is 0.818. The Morgan fingerprint density at radius 3 is 2.65 bits per heavy atom. The van der Waals surface area contributed by atoms with Crippen LogP contribution in [0.15, 0.2) is 0 Å². The number of carboxylic acid groups (broad SMARTS) is 1. The quantitative estimate of drug-likeness (QED) is 0.752. The van der Waals surface area contributed by atoms with Crippen LogP contribution in [0.2, 0.25) is 0 Å². The van der Waals surface area contributed by atoms with Crippen molar-refractivity contribution in [2.75, 3.05) is 18.1 Å². The molecule has 2 rings (SSSR count). The molecule has 1 aliphatic heterocycles. The summed E-state index contributed by atoms with van der Waals surface area (Å²) in [4.78, 5) is 24.9. The Labute approximate surface area is 105 Å². The zero-order chi connectivity index (χ0) is 12.6. The fourth-order valence-electron chi connectivity index (χ4n) is 2.22. The molecule has 5 nitrogen and oxygen atoms in total. The van der Waals surface area contributed by atoms with Gasteiger partial charge in [0.25, 0.3) is 0 Å². The number of thioether (sulfide) groups is 1. The molecule has 6 heteroatoms. The second kappa shape index (κ2) is 4.49. The maximum Gasteiger partial charge on any atom is 0.327 e. The minimum Gasteiger partial charge on any atom is -0.480 e. The van der Waals surface area contributed by atoms with E-state index in [0.29, 0.717) is 12.3 Å². The molecule has 1 saturated carbocycles. The lowest BCUT2D eigenvalue weighted by molar-refractivity contribution is -0.151. The number of nitrogens with two attached hydrogens (primary N) is 1. The van der Waals surface area contributed by atoms with Crippen LogP contribution in [0.3, 0.4) is 0 Å². The molecule has 2 unspecified atom stereocenters. The number of carbonyl (C=O) groups is 2. The number of aliphatic carboxylic acids is 1.